The van der Waals surface area contributed by atoms with Gasteiger partial charge in [-0.15, -0.1) is 0 Å². The van der Waals surface area contributed by atoms with E-state index in [1.165, 1.54) is 26.2 Å². The SMILES string of the molecule is C[CH2][Sb]([Cl])([CH2]C)[CH2]C.C[CH2][Sb]([Cl])([CH2]C)[CH2]C.O. The molecule has 0 aromatic heterocycles. The van der Waals surface area contributed by atoms with Gasteiger partial charge in [0.25, 0.3) is 0 Å². The van der Waals surface area contributed by atoms with Gasteiger partial charge in [-0.2, -0.15) is 0 Å². The molecular formula is C12H32Cl2OSb2. The van der Waals surface area contributed by atoms with Gasteiger partial charge in [0, 0.05) is 0 Å². The van der Waals surface area contributed by atoms with Crippen molar-refractivity contribution in [3.8, 4) is 0 Å². The quantitative estimate of drug-likeness (QED) is 0.418. The van der Waals surface area contributed by atoms with Crippen LogP contribution in [0, 0.1) is 0 Å². The smallest absolute Gasteiger partial charge is 0.412 e. The summed E-state index contributed by atoms with van der Waals surface area (Å²) in [4.78, 5) is 0. The summed E-state index contributed by atoms with van der Waals surface area (Å²) in [5, 5.41) is 0. The summed E-state index contributed by atoms with van der Waals surface area (Å²) in [6.45, 7) is 13.4. The van der Waals surface area contributed by atoms with Gasteiger partial charge in [-0.3, -0.25) is 0 Å². The van der Waals surface area contributed by atoms with Crippen LogP contribution in [0.1, 0.15) is 41.5 Å². The molecule has 2 N–H and O–H groups in total. The molecule has 0 aromatic rings. The summed E-state index contributed by atoms with van der Waals surface area (Å²) in [6.07, 6.45) is 0. The van der Waals surface area contributed by atoms with Crippen LogP contribution in [-0.4, -0.2) is 40.8 Å². The number of hydrogen-bond donors (Lipinski definition) is 0. The van der Waals surface area contributed by atoms with Gasteiger partial charge in [-0.1, -0.05) is 0 Å². The zero-order valence-corrected chi connectivity index (χ0v) is 19.0. The van der Waals surface area contributed by atoms with E-state index < -0.39 is 35.3 Å². The molecule has 0 bridgehead atoms. The van der Waals surface area contributed by atoms with Crippen LogP contribution in [0.3, 0.4) is 0 Å². The fourth-order valence-electron chi connectivity index (χ4n) is 1.34. The van der Waals surface area contributed by atoms with Crippen LogP contribution in [0.4, 0.5) is 0 Å². The largest absolute Gasteiger partial charge is 0.412 e. The molecular weight excluding hydrogens is 475 g/mol. The van der Waals surface area contributed by atoms with Crippen molar-refractivity contribution in [3.63, 3.8) is 0 Å². The third-order valence-corrected chi connectivity index (χ3v) is 32.4. The van der Waals surface area contributed by atoms with Crippen molar-refractivity contribution < 1.29 is 5.48 Å². The fourth-order valence-corrected chi connectivity index (χ4v) is 9.00. The van der Waals surface area contributed by atoms with Gasteiger partial charge < -0.3 is 5.48 Å². The van der Waals surface area contributed by atoms with E-state index in [1.807, 2.05) is 0 Å². The summed E-state index contributed by atoms with van der Waals surface area (Å²) in [5.74, 6) is 0. The van der Waals surface area contributed by atoms with E-state index in [4.69, 9.17) is 17.7 Å². The summed E-state index contributed by atoms with van der Waals surface area (Å²) in [7, 11) is 12.6. The summed E-state index contributed by atoms with van der Waals surface area (Å²) < 4.78 is 7.71. The van der Waals surface area contributed by atoms with Crippen molar-refractivity contribution >= 4 is 53.0 Å². The first-order valence-electron chi connectivity index (χ1n) is 6.48. The van der Waals surface area contributed by atoms with E-state index in [9.17, 15) is 0 Å². The average Bonchev–Trinajstić information content (AvgIpc) is 2.37. The Morgan fingerprint density at radius 3 is 0.647 bits per heavy atom. The van der Waals surface area contributed by atoms with Crippen LogP contribution in [0.2, 0.25) is 26.2 Å². The predicted octanol–water partition coefficient (Wildman–Crippen LogP) is 5.64. The Labute approximate surface area is 125 Å². The van der Waals surface area contributed by atoms with Gasteiger partial charge in [0.2, 0.25) is 0 Å². The van der Waals surface area contributed by atoms with Gasteiger partial charge in [0.1, 0.15) is 0 Å². The maximum absolute atomic E-state index is 6.29. The molecule has 17 heavy (non-hydrogen) atoms. The normalized spacial score (nSPS) is 11.3. The van der Waals surface area contributed by atoms with Gasteiger partial charge >= 0.3 is 121 Å². The van der Waals surface area contributed by atoms with Crippen LogP contribution in [0.5, 0.6) is 0 Å². The van der Waals surface area contributed by atoms with E-state index in [0.29, 0.717) is 0 Å². The minimum absolute atomic E-state index is 0. The molecule has 0 aliphatic rings. The monoisotopic (exact) mass is 504 g/mol. The molecule has 0 heterocycles. The minimum atomic E-state index is -1.77. The van der Waals surface area contributed by atoms with Crippen LogP contribution in [0.15, 0.2) is 0 Å². The second kappa shape index (κ2) is 13.2. The predicted molar refractivity (Wildman–Crippen MR) is 89.7 cm³/mol. The second-order valence-electron chi connectivity index (χ2n) is 3.96. The Hall–Kier alpha value is 2.18. The molecule has 0 atom stereocenters. The van der Waals surface area contributed by atoms with Gasteiger partial charge in [0.05, 0.1) is 0 Å². The summed E-state index contributed by atoms with van der Waals surface area (Å²) >= 11 is -3.54. The van der Waals surface area contributed by atoms with E-state index in [1.54, 1.807) is 0 Å². The number of rotatable bonds is 6. The van der Waals surface area contributed by atoms with Gasteiger partial charge in [0.15, 0.2) is 0 Å². The first kappa shape index (κ1) is 24.2. The average molecular weight is 507 g/mol. The molecule has 0 aliphatic carbocycles. The molecule has 5 heteroatoms. The van der Waals surface area contributed by atoms with E-state index in [0.717, 1.165) is 0 Å². The van der Waals surface area contributed by atoms with Gasteiger partial charge in [-0.05, 0) is 0 Å². The molecule has 1 nitrogen and oxygen atoms in total. The molecule has 0 fully saturated rings. The standard InChI is InChI=1S/6C2H5.2ClH.H2O.2Sb/c6*1-2;;;;;/h6*1H2,2H3;2*1H;1H2;;/q;;;;;;;;;2*+1/p-2. The van der Waals surface area contributed by atoms with Crippen molar-refractivity contribution in [3.05, 3.63) is 0 Å². The zero-order valence-electron chi connectivity index (χ0n) is 12.4. The Morgan fingerprint density at radius 1 is 0.529 bits per heavy atom. The zero-order chi connectivity index (χ0) is 13.2. The molecule has 0 amide bonds. The third-order valence-electron chi connectivity index (χ3n) is 3.40. The van der Waals surface area contributed by atoms with Crippen molar-refractivity contribution in [2.75, 3.05) is 0 Å². The van der Waals surface area contributed by atoms with Gasteiger partial charge in [-0.25, -0.2) is 0 Å². The topological polar surface area (TPSA) is 31.5 Å². The number of hydrogen-bond acceptors (Lipinski definition) is 0. The minimum Gasteiger partial charge on any atom is -0.412 e. The Morgan fingerprint density at radius 2 is 0.647 bits per heavy atom. The van der Waals surface area contributed by atoms with E-state index >= 15 is 0 Å². The summed E-state index contributed by atoms with van der Waals surface area (Å²) in [6, 6.07) is 0. The fraction of sp³-hybridized carbons (Fsp3) is 1.00. The van der Waals surface area contributed by atoms with Crippen molar-refractivity contribution in [2.24, 2.45) is 0 Å². The third kappa shape index (κ3) is 11.7. The molecule has 0 rings (SSSR count). The maximum Gasteiger partial charge on any atom is -0.412 e. The Bertz CT molecular complexity index is 126. The number of halogens is 2. The van der Waals surface area contributed by atoms with E-state index in [2.05, 4.69) is 41.5 Å². The molecule has 0 saturated carbocycles. The van der Waals surface area contributed by atoms with E-state index in [-0.39, 0.29) is 5.48 Å². The van der Waals surface area contributed by atoms with Crippen molar-refractivity contribution in [1.29, 1.82) is 0 Å². The molecule has 0 unspecified atom stereocenters. The first-order chi connectivity index (χ1) is 7.36. The summed E-state index contributed by atoms with van der Waals surface area (Å²) in [5.41, 5.74) is 0. The van der Waals surface area contributed by atoms with Crippen LogP contribution in [-0.2, 0) is 0 Å². The second-order valence-corrected chi connectivity index (χ2v) is 36.2. The molecule has 110 valence electrons. The van der Waals surface area contributed by atoms with Crippen LogP contribution in [0.25, 0.3) is 0 Å². The van der Waals surface area contributed by atoms with Crippen LogP contribution < -0.4 is 0 Å². The van der Waals surface area contributed by atoms with Crippen molar-refractivity contribution in [2.45, 2.75) is 67.7 Å². The van der Waals surface area contributed by atoms with Crippen molar-refractivity contribution in [1.82, 2.24) is 0 Å². The molecule has 0 aliphatic heterocycles. The molecule has 2 radical (unpaired) electrons. The molecule has 0 aromatic carbocycles. The Kier molecular flexibility index (Phi) is 18.8. The Balaban J connectivity index is -0.000000218. The molecule has 0 spiro atoms. The van der Waals surface area contributed by atoms with Crippen LogP contribution >= 0.6 is 17.7 Å². The maximum atomic E-state index is 6.29. The first-order valence-corrected chi connectivity index (χ1v) is 23.8. The molecule has 0 saturated heterocycles.